The molecule has 2 saturated heterocycles. The summed E-state index contributed by atoms with van der Waals surface area (Å²) < 4.78 is 51.2. The molecule has 1 saturated carbocycles. The largest absolute Gasteiger partial charge is 0.493 e. The second-order valence-corrected chi connectivity index (χ2v) is 12.9. The Balaban J connectivity index is 1.24. The number of piperidine rings is 1. The second-order valence-electron chi connectivity index (χ2n) is 10.3. The number of carbonyl (C=O) groups is 1. The van der Waals surface area contributed by atoms with Gasteiger partial charge in [0.25, 0.3) is 5.91 Å². The van der Waals surface area contributed by atoms with Gasteiger partial charge in [-0.05, 0) is 86.0 Å². The van der Waals surface area contributed by atoms with Crippen molar-refractivity contribution in [3.63, 3.8) is 0 Å². The summed E-state index contributed by atoms with van der Waals surface area (Å²) in [5, 5.41) is 1.21. The van der Waals surface area contributed by atoms with Crippen molar-refractivity contribution >= 4 is 39.1 Å². The molecule has 0 unspecified atom stereocenters. The number of hydrogen-bond acceptors (Lipinski definition) is 6. The smallest absolute Gasteiger partial charge is 0.267 e. The summed E-state index contributed by atoms with van der Waals surface area (Å²) in [6, 6.07) is 8.29. The molecular weight excluding hydrogens is 542 g/mol. The fraction of sp³-hybridized carbons (Fsp3) is 0.500. The molecule has 3 fully saturated rings. The number of ether oxygens (including phenoxy) is 2. The first-order valence-corrected chi connectivity index (χ1v) is 15.0. The third-order valence-corrected chi connectivity index (χ3v) is 8.41. The Kier molecular flexibility index (Phi) is 7.46. The lowest BCUT2D eigenvalue weighted by Crippen LogP contribution is -2.61. The normalized spacial score (nSPS) is 20.3. The van der Waals surface area contributed by atoms with Gasteiger partial charge < -0.3 is 9.47 Å². The van der Waals surface area contributed by atoms with Gasteiger partial charge in [-0.3, -0.25) is 9.69 Å². The van der Waals surface area contributed by atoms with Crippen molar-refractivity contribution in [1.29, 1.82) is 0 Å². The average Bonchev–Trinajstić information content (AvgIpc) is 3.61. The Bertz CT molecular complexity index is 1290. The van der Waals surface area contributed by atoms with Crippen molar-refractivity contribution in [2.45, 2.75) is 37.1 Å². The first kappa shape index (κ1) is 26.7. The van der Waals surface area contributed by atoms with Crippen molar-refractivity contribution in [2.75, 3.05) is 39.2 Å². The highest BCUT2D eigenvalue weighted by Crippen LogP contribution is 2.45. The van der Waals surface area contributed by atoms with Crippen LogP contribution in [-0.4, -0.2) is 58.4 Å². The maximum Gasteiger partial charge on any atom is 0.267 e. The standard InChI is InChI=1S/C26H29Cl2FN2O5S/c1-37(33,34)30-25(32)22-11-21(17-2-3-17)24(12-23(22)29)36-13-16-4-6-31(7-5-16)26(14-35-15-26)18-8-19(27)10-20(28)9-18/h8-12,16-17H,2-7,13-15H2,1H3,(H,30,32). The predicted molar refractivity (Wildman–Crippen MR) is 139 cm³/mol. The van der Waals surface area contributed by atoms with Crippen LogP contribution in [0.15, 0.2) is 30.3 Å². The van der Waals surface area contributed by atoms with Gasteiger partial charge in [0.1, 0.15) is 11.6 Å². The molecule has 2 heterocycles. The van der Waals surface area contributed by atoms with E-state index in [4.69, 9.17) is 32.7 Å². The first-order valence-electron chi connectivity index (χ1n) is 12.3. The Morgan fingerprint density at radius 1 is 1.11 bits per heavy atom. The molecule has 37 heavy (non-hydrogen) atoms. The van der Waals surface area contributed by atoms with E-state index in [-0.39, 0.29) is 17.0 Å². The molecule has 3 aliphatic rings. The van der Waals surface area contributed by atoms with Gasteiger partial charge in [0.15, 0.2) is 0 Å². The van der Waals surface area contributed by atoms with E-state index in [1.165, 1.54) is 12.1 Å². The molecule has 1 N–H and O–H groups in total. The van der Waals surface area contributed by atoms with Gasteiger partial charge in [0.2, 0.25) is 10.0 Å². The van der Waals surface area contributed by atoms with Crippen LogP contribution in [0.5, 0.6) is 5.75 Å². The highest BCUT2D eigenvalue weighted by atomic mass is 35.5. The number of carbonyl (C=O) groups excluding carboxylic acids is 1. The number of nitrogens with zero attached hydrogens (tertiary/aromatic N) is 1. The van der Waals surface area contributed by atoms with Crippen LogP contribution >= 0.6 is 23.2 Å². The van der Waals surface area contributed by atoms with Crippen molar-refractivity contribution in [3.8, 4) is 5.75 Å². The van der Waals surface area contributed by atoms with Gasteiger partial charge >= 0.3 is 0 Å². The number of rotatable bonds is 8. The number of nitrogens with one attached hydrogen (secondary N) is 1. The minimum atomic E-state index is -3.80. The van der Waals surface area contributed by atoms with E-state index in [9.17, 15) is 17.6 Å². The van der Waals surface area contributed by atoms with E-state index in [2.05, 4.69) is 4.90 Å². The highest BCUT2D eigenvalue weighted by Gasteiger charge is 2.47. The van der Waals surface area contributed by atoms with Crippen LogP contribution in [-0.2, 0) is 20.3 Å². The summed E-state index contributed by atoms with van der Waals surface area (Å²) in [4.78, 5) is 14.7. The Morgan fingerprint density at radius 2 is 1.76 bits per heavy atom. The molecule has 200 valence electrons. The van der Waals surface area contributed by atoms with E-state index in [0.29, 0.717) is 41.5 Å². The van der Waals surface area contributed by atoms with Crippen LogP contribution in [0.25, 0.3) is 0 Å². The van der Waals surface area contributed by atoms with Gasteiger partial charge in [-0.2, -0.15) is 0 Å². The molecule has 0 spiro atoms. The van der Waals surface area contributed by atoms with Gasteiger partial charge in [0, 0.05) is 16.1 Å². The summed E-state index contributed by atoms with van der Waals surface area (Å²) >= 11 is 12.5. The summed E-state index contributed by atoms with van der Waals surface area (Å²) in [6.07, 6.45) is 4.52. The lowest BCUT2D eigenvalue weighted by Gasteiger charge is -2.52. The molecule has 0 radical (unpaired) electrons. The monoisotopic (exact) mass is 570 g/mol. The van der Waals surface area contributed by atoms with Gasteiger partial charge in [-0.25, -0.2) is 17.5 Å². The molecule has 0 bridgehead atoms. The minimum absolute atomic E-state index is 0.185. The Morgan fingerprint density at radius 3 is 2.30 bits per heavy atom. The molecule has 2 aromatic rings. The molecule has 0 aromatic heterocycles. The van der Waals surface area contributed by atoms with Crippen molar-refractivity contribution in [1.82, 2.24) is 9.62 Å². The molecular formula is C26H29Cl2FN2O5S. The number of benzene rings is 2. The lowest BCUT2D eigenvalue weighted by atomic mass is 9.83. The van der Waals surface area contributed by atoms with E-state index in [0.717, 1.165) is 56.2 Å². The lowest BCUT2D eigenvalue weighted by molar-refractivity contribution is -0.155. The quantitative estimate of drug-likeness (QED) is 0.494. The molecule has 1 amide bonds. The zero-order valence-electron chi connectivity index (χ0n) is 20.4. The molecule has 5 rings (SSSR count). The van der Waals surface area contributed by atoms with Crippen LogP contribution < -0.4 is 9.46 Å². The van der Waals surface area contributed by atoms with Crippen LogP contribution in [0.1, 0.15) is 53.1 Å². The van der Waals surface area contributed by atoms with Gasteiger partial charge in [0.05, 0.1) is 37.2 Å². The third-order valence-electron chi connectivity index (χ3n) is 7.42. The van der Waals surface area contributed by atoms with E-state index in [1.54, 1.807) is 6.07 Å². The molecule has 7 nitrogen and oxygen atoms in total. The molecule has 2 aliphatic heterocycles. The first-order chi connectivity index (χ1) is 17.5. The fourth-order valence-corrected chi connectivity index (χ4v) is 6.17. The van der Waals surface area contributed by atoms with E-state index >= 15 is 0 Å². The second kappa shape index (κ2) is 10.3. The molecule has 11 heteroatoms. The van der Waals surface area contributed by atoms with Crippen molar-refractivity contribution in [3.05, 3.63) is 62.9 Å². The zero-order chi connectivity index (χ0) is 26.4. The number of hydrogen-bond donors (Lipinski definition) is 1. The van der Waals surface area contributed by atoms with Crippen LogP contribution in [0.4, 0.5) is 4.39 Å². The molecule has 1 aliphatic carbocycles. The summed E-state index contributed by atoms with van der Waals surface area (Å²) in [6.45, 7) is 3.34. The number of likely N-dealkylation sites (tertiary alicyclic amines) is 1. The maximum absolute atomic E-state index is 14.8. The third kappa shape index (κ3) is 5.91. The van der Waals surface area contributed by atoms with Crippen LogP contribution in [0, 0.1) is 11.7 Å². The Labute approximate surface area is 226 Å². The van der Waals surface area contributed by atoms with Crippen molar-refractivity contribution < 1.29 is 27.1 Å². The predicted octanol–water partition coefficient (Wildman–Crippen LogP) is 4.72. The van der Waals surface area contributed by atoms with Crippen molar-refractivity contribution in [2.24, 2.45) is 5.92 Å². The SMILES string of the molecule is CS(=O)(=O)NC(=O)c1cc(C2CC2)c(OCC2CCN(C3(c4cc(Cl)cc(Cl)c4)COC3)CC2)cc1F. The summed E-state index contributed by atoms with van der Waals surface area (Å²) in [7, 11) is -3.80. The zero-order valence-corrected chi connectivity index (χ0v) is 22.8. The highest BCUT2D eigenvalue weighted by molar-refractivity contribution is 7.89. The van der Waals surface area contributed by atoms with Gasteiger partial charge in [-0.1, -0.05) is 23.2 Å². The number of sulfonamides is 1. The topological polar surface area (TPSA) is 84.9 Å². The summed E-state index contributed by atoms with van der Waals surface area (Å²) in [5.41, 5.74) is 1.30. The summed E-state index contributed by atoms with van der Waals surface area (Å²) in [5.74, 6) is -0.875. The molecule has 0 atom stereocenters. The van der Waals surface area contributed by atoms with E-state index in [1.807, 2.05) is 16.9 Å². The van der Waals surface area contributed by atoms with Crippen LogP contribution in [0.3, 0.4) is 0 Å². The minimum Gasteiger partial charge on any atom is -0.493 e. The number of amides is 1. The fourth-order valence-electron chi connectivity index (χ4n) is 5.19. The average molecular weight is 571 g/mol. The Hall–Kier alpha value is -1.91. The van der Waals surface area contributed by atoms with E-state index < -0.39 is 21.7 Å². The van der Waals surface area contributed by atoms with Crippen LogP contribution in [0.2, 0.25) is 10.0 Å². The maximum atomic E-state index is 14.8. The van der Waals surface area contributed by atoms with Gasteiger partial charge in [-0.15, -0.1) is 0 Å². The number of halogens is 3. The molecule has 2 aromatic carbocycles.